The predicted molar refractivity (Wildman–Crippen MR) is 175 cm³/mol. The molecule has 9 heteroatoms. The third kappa shape index (κ3) is 8.85. The van der Waals surface area contributed by atoms with E-state index in [0.29, 0.717) is 45.0 Å². The number of amides is 2. The quantitative estimate of drug-likeness (QED) is 0.147. The van der Waals surface area contributed by atoms with Gasteiger partial charge in [0.2, 0.25) is 11.8 Å². The van der Waals surface area contributed by atoms with Crippen LogP contribution < -0.4 is 15.4 Å². The molecule has 2 amide bonds. The van der Waals surface area contributed by atoms with Crippen molar-refractivity contribution in [3.63, 3.8) is 0 Å². The van der Waals surface area contributed by atoms with E-state index in [1.165, 1.54) is 12.5 Å². The number of ether oxygens (including phenoxy) is 3. The van der Waals surface area contributed by atoms with Crippen LogP contribution in [0.5, 0.6) is 5.75 Å². The second-order valence-electron chi connectivity index (χ2n) is 11.7. The van der Waals surface area contributed by atoms with Crippen LogP contribution in [-0.2, 0) is 25.5 Å². The van der Waals surface area contributed by atoms with Gasteiger partial charge in [-0.1, -0.05) is 49.4 Å². The van der Waals surface area contributed by atoms with Crippen molar-refractivity contribution in [1.29, 1.82) is 0 Å². The Balaban J connectivity index is 1.12. The topological polar surface area (TPSA) is 115 Å². The fourth-order valence-corrected chi connectivity index (χ4v) is 5.82. The molecule has 0 fully saturated rings. The Labute approximate surface area is 265 Å². The molecular formula is C36H44N4O5. The minimum atomic E-state index is -0.184. The average molecular weight is 613 g/mol. The molecule has 9 nitrogen and oxygen atoms in total. The number of benzene rings is 1. The lowest BCUT2D eigenvalue weighted by Crippen LogP contribution is -2.32. The van der Waals surface area contributed by atoms with Gasteiger partial charge in [-0.15, -0.1) is 0 Å². The van der Waals surface area contributed by atoms with Crippen molar-refractivity contribution in [3.8, 4) is 5.75 Å². The Bertz CT molecular complexity index is 1560. The zero-order valence-electron chi connectivity index (χ0n) is 26.4. The summed E-state index contributed by atoms with van der Waals surface area (Å²) >= 11 is 0. The molecule has 2 aliphatic rings. The van der Waals surface area contributed by atoms with Crippen LogP contribution in [-0.4, -0.2) is 54.3 Å². The van der Waals surface area contributed by atoms with Crippen molar-refractivity contribution in [3.05, 3.63) is 95.1 Å². The lowest BCUT2D eigenvalue weighted by atomic mass is 9.92. The number of fused-ring (bicyclic) bond motifs is 2. The van der Waals surface area contributed by atoms with Crippen LogP contribution >= 0.6 is 0 Å². The third-order valence-electron chi connectivity index (χ3n) is 7.97. The van der Waals surface area contributed by atoms with Gasteiger partial charge < -0.3 is 29.8 Å². The van der Waals surface area contributed by atoms with Crippen LogP contribution in [0, 0.1) is 5.92 Å². The molecular weight excluding hydrogens is 568 g/mol. The highest BCUT2D eigenvalue weighted by Crippen LogP contribution is 2.31. The van der Waals surface area contributed by atoms with Crippen molar-refractivity contribution < 1.29 is 23.8 Å². The van der Waals surface area contributed by atoms with Gasteiger partial charge in [0, 0.05) is 48.9 Å². The molecule has 1 aliphatic heterocycles. The molecule has 3 atom stereocenters. The van der Waals surface area contributed by atoms with E-state index < -0.39 is 0 Å². The van der Waals surface area contributed by atoms with E-state index in [1.54, 1.807) is 6.20 Å². The summed E-state index contributed by atoms with van der Waals surface area (Å²) in [6, 6.07) is 12.1. The maximum atomic E-state index is 11.9. The highest BCUT2D eigenvalue weighted by molar-refractivity contribution is 5.84. The van der Waals surface area contributed by atoms with Gasteiger partial charge in [-0.25, -0.2) is 4.98 Å². The van der Waals surface area contributed by atoms with E-state index in [-0.39, 0.29) is 29.9 Å². The molecule has 3 aromatic rings. The molecule has 5 rings (SSSR count). The number of rotatable bonds is 15. The van der Waals surface area contributed by atoms with Crippen molar-refractivity contribution in [2.45, 2.75) is 65.0 Å². The minimum absolute atomic E-state index is 0.00276. The summed E-state index contributed by atoms with van der Waals surface area (Å²) in [5.74, 6) is 1.62. The maximum absolute atomic E-state index is 11.9. The molecule has 2 aromatic heterocycles. The number of hydrogen-bond donors (Lipinski definition) is 3. The lowest BCUT2D eigenvalue weighted by molar-refractivity contribution is -0.121. The number of carbonyl (C=O) groups excluding carboxylic acids is 2. The monoisotopic (exact) mass is 612 g/mol. The number of allylic oxidation sites excluding steroid dienone is 1. The first-order chi connectivity index (χ1) is 21.9. The van der Waals surface area contributed by atoms with Crippen LogP contribution in [0.3, 0.4) is 0 Å². The molecule has 3 unspecified atom stereocenters. The molecule has 1 aromatic carbocycles. The number of nitrogens with one attached hydrogen (secondary N) is 3. The van der Waals surface area contributed by atoms with Crippen LogP contribution in [0.1, 0.15) is 69.3 Å². The molecule has 0 saturated heterocycles. The summed E-state index contributed by atoms with van der Waals surface area (Å²) in [5, 5.41) is 6.95. The van der Waals surface area contributed by atoms with Gasteiger partial charge >= 0.3 is 0 Å². The Kier molecular flexibility index (Phi) is 11.1. The van der Waals surface area contributed by atoms with Gasteiger partial charge in [-0.2, -0.15) is 0 Å². The van der Waals surface area contributed by atoms with E-state index in [0.717, 1.165) is 52.9 Å². The van der Waals surface area contributed by atoms with Crippen LogP contribution in [0.4, 0.5) is 0 Å². The van der Waals surface area contributed by atoms with Crippen molar-refractivity contribution in [1.82, 2.24) is 20.6 Å². The summed E-state index contributed by atoms with van der Waals surface area (Å²) in [7, 11) is 0. The van der Waals surface area contributed by atoms with E-state index >= 15 is 0 Å². The highest BCUT2D eigenvalue weighted by Gasteiger charge is 2.25. The van der Waals surface area contributed by atoms with Crippen molar-refractivity contribution in [2.75, 3.05) is 26.4 Å². The normalized spacial score (nSPS) is 18.0. The summed E-state index contributed by atoms with van der Waals surface area (Å²) in [6.07, 6.45) is 13.8. The number of aromatic nitrogens is 2. The summed E-state index contributed by atoms with van der Waals surface area (Å²) < 4.78 is 18.1. The number of pyridine rings is 1. The Morgan fingerprint density at radius 1 is 1.13 bits per heavy atom. The van der Waals surface area contributed by atoms with Crippen LogP contribution in [0.15, 0.2) is 78.2 Å². The molecule has 0 saturated carbocycles. The maximum Gasteiger partial charge on any atom is 0.220 e. The number of nitrogens with zero attached hydrogens (tertiary/aromatic N) is 1. The third-order valence-corrected chi connectivity index (χ3v) is 7.97. The van der Waals surface area contributed by atoms with Gasteiger partial charge in [0.05, 0.1) is 38.2 Å². The number of carbonyl (C=O) groups is 2. The zero-order chi connectivity index (χ0) is 31.6. The second kappa shape index (κ2) is 15.6. The molecule has 3 N–H and O–H groups in total. The number of H-pyrrole nitrogens is 1. The fourth-order valence-electron chi connectivity index (χ4n) is 5.82. The Morgan fingerprint density at radius 2 is 1.93 bits per heavy atom. The standard InChI is InChI=1S/C36H44N4O5/c1-4-10-34(42)37-21-27-17-28-19-29(13-14-33(28)45-23-27)43-15-8-9-16-44-30-20-31-35(24(2)39-25(3)41)32(40-36(31)38-22-30)18-26-11-6-5-7-12-26/h5-7,11-14,17,19-20,22,24,28,33H,4,8-10,15-16,18,21,23H2,1-3H3,(H,37,42)(H,38,40)(H,39,41). The number of unbranched alkanes of at least 4 members (excludes halogenated alkanes) is 1. The predicted octanol–water partition coefficient (Wildman–Crippen LogP) is 5.84. The van der Waals surface area contributed by atoms with Crippen LogP contribution in [0.2, 0.25) is 0 Å². The minimum Gasteiger partial charge on any atom is -0.494 e. The first-order valence-electron chi connectivity index (χ1n) is 15.9. The lowest BCUT2D eigenvalue weighted by Gasteiger charge is -2.29. The first-order valence-corrected chi connectivity index (χ1v) is 15.9. The molecule has 0 radical (unpaired) electrons. The van der Waals surface area contributed by atoms with E-state index in [1.807, 2.05) is 50.3 Å². The SMILES string of the molecule is CCCC(=O)NCC1=CC2C=C(OCCCCOc3cnc4[nH]c(Cc5ccccc5)c(C(C)NC(C)=O)c4c3)C=CC2OC1. The zero-order valence-corrected chi connectivity index (χ0v) is 26.4. The summed E-state index contributed by atoms with van der Waals surface area (Å²) in [4.78, 5) is 31.8. The highest BCUT2D eigenvalue weighted by atomic mass is 16.5. The van der Waals surface area contributed by atoms with Crippen molar-refractivity contribution in [2.24, 2.45) is 5.92 Å². The molecule has 45 heavy (non-hydrogen) atoms. The van der Waals surface area contributed by atoms with Crippen LogP contribution in [0.25, 0.3) is 11.0 Å². The average Bonchev–Trinajstić information content (AvgIpc) is 3.39. The first kappa shape index (κ1) is 32.0. The van der Waals surface area contributed by atoms with E-state index in [9.17, 15) is 9.59 Å². The Hall–Kier alpha value is -4.37. The van der Waals surface area contributed by atoms with Gasteiger partial charge in [0.15, 0.2) is 0 Å². The number of hydrogen-bond acceptors (Lipinski definition) is 6. The molecule has 3 heterocycles. The fraction of sp³-hybridized carbons (Fsp3) is 0.417. The smallest absolute Gasteiger partial charge is 0.220 e. The Morgan fingerprint density at radius 3 is 2.71 bits per heavy atom. The molecule has 238 valence electrons. The molecule has 0 bridgehead atoms. The van der Waals surface area contributed by atoms with E-state index in [4.69, 9.17) is 14.2 Å². The van der Waals surface area contributed by atoms with Gasteiger partial charge in [-0.05, 0) is 55.5 Å². The molecule has 1 aliphatic carbocycles. The van der Waals surface area contributed by atoms with Crippen molar-refractivity contribution >= 4 is 22.8 Å². The van der Waals surface area contributed by atoms with E-state index in [2.05, 4.69) is 44.9 Å². The van der Waals surface area contributed by atoms with Gasteiger partial charge in [0.25, 0.3) is 0 Å². The van der Waals surface area contributed by atoms with Gasteiger partial charge in [-0.3, -0.25) is 9.59 Å². The number of aromatic amines is 1. The summed E-state index contributed by atoms with van der Waals surface area (Å²) in [6.45, 7) is 7.69. The van der Waals surface area contributed by atoms with Gasteiger partial charge in [0.1, 0.15) is 17.2 Å². The summed E-state index contributed by atoms with van der Waals surface area (Å²) in [5.41, 5.74) is 5.09. The largest absolute Gasteiger partial charge is 0.494 e. The molecule has 0 spiro atoms. The second-order valence-corrected chi connectivity index (χ2v) is 11.7.